The van der Waals surface area contributed by atoms with Gasteiger partial charge < -0.3 is 20.2 Å². The summed E-state index contributed by atoms with van der Waals surface area (Å²) in [4.78, 5) is 38.2. The van der Waals surface area contributed by atoms with Crippen LogP contribution in [0.4, 0.5) is 13.2 Å². The number of benzene rings is 1. The quantitative estimate of drug-likeness (QED) is 0.284. The number of carboxylic acids is 1. The average Bonchev–Trinajstić information content (AvgIpc) is 3.57. The molecule has 2 aromatic heterocycles. The largest absolute Gasteiger partial charge is 0.490 e. The van der Waals surface area contributed by atoms with Gasteiger partial charge in [-0.25, -0.2) is 9.78 Å². The normalized spacial score (nSPS) is 12.3. The van der Waals surface area contributed by atoms with Gasteiger partial charge in [-0.05, 0) is 43.4 Å². The Labute approximate surface area is 229 Å². The third-order valence-electron chi connectivity index (χ3n) is 6.17. The number of aromatic amines is 1. The Kier molecular flexibility index (Phi) is 10.6. The lowest BCUT2D eigenvalue weighted by Gasteiger charge is -2.27. The van der Waals surface area contributed by atoms with Gasteiger partial charge in [0.1, 0.15) is 5.69 Å². The number of oxazole rings is 1. The van der Waals surface area contributed by atoms with Gasteiger partial charge in [-0.2, -0.15) is 18.3 Å². The molecule has 13 heteroatoms. The number of rotatable bonds is 8. The summed E-state index contributed by atoms with van der Waals surface area (Å²) >= 11 is 0. The molecule has 0 fully saturated rings. The Morgan fingerprint density at radius 3 is 2.17 bits per heavy atom. The fraction of sp³-hybridized carbons (Fsp3) is 0.444. The van der Waals surface area contributed by atoms with Gasteiger partial charge in [-0.3, -0.25) is 14.7 Å². The summed E-state index contributed by atoms with van der Waals surface area (Å²) in [6, 6.07) is 9.28. The number of carboxylic acid groups (broad SMARTS) is 1. The highest BCUT2D eigenvalue weighted by molar-refractivity contribution is 5.94. The molecular weight excluding hydrogens is 531 g/mol. The smallest absolute Gasteiger partial charge is 0.475 e. The number of carbonyl (C=O) groups excluding carboxylic acids is 2. The van der Waals surface area contributed by atoms with Crippen LogP contribution in [0.1, 0.15) is 75.4 Å². The molecule has 3 rings (SSSR count). The molecule has 10 nitrogen and oxygen atoms in total. The van der Waals surface area contributed by atoms with Gasteiger partial charge in [-0.15, -0.1) is 0 Å². The summed E-state index contributed by atoms with van der Waals surface area (Å²) in [6.45, 7) is 12.3. The first-order valence-electron chi connectivity index (χ1n) is 12.6. The van der Waals surface area contributed by atoms with E-state index in [-0.39, 0.29) is 35.1 Å². The maximum atomic E-state index is 12.6. The van der Waals surface area contributed by atoms with Crippen molar-refractivity contribution in [1.29, 1.82) is 0 Å². The molecule has 0 aliphatic carbocycles. The van der Waals surface area contributed by atoms with Crippen LogP contribution in [-0.4, -0.2) is 56.3 Å². The van der Waals surface area contributed by atoms with E-state index in [0.29, 0.717) is 22.8 Å². The SMILES string of the molecule is CCC(CC)NC(=O)c1cnc(-c2cccc(-c3cc(C(=O)N[C@@H](C)C(C)(C)C)[nH]n3)c2)o1.O=C(O)C(F)(F)F. The molecule has 0 aliphatic heterocycles. The standard InChI is InChI=1S/C25H33N5O3.C2HF3O2/c1-7-18(8-2)28-23(32)21-14-26-24(33-21)17-11-9-10-16(12-17)19-13-20(30-29-19)22(31)27-15(3)25(4,5)6;3-2(4,5)1(6)7/h9-15,18H,7-8H2,1-6H3,(H,27,31)(H,28,32)(H,29,30);(H,6,7)/t15-;/m0./s1. The van der Waals surface area contributed by atoms with Crippen LogP contribution in [0.15, 0.2) is 40.9 Å². The molecule has 1 atom stereocenters. The highest BCUT2D eigenvalue weighted by atomic mass is 19.4. The number of hydrogen-bond acceptors (Lipinski definition) is 6. The number of aromatic nitrogens is 3. The lowest BCUT2D eigenvalue weighted by atomic mass is 9.88. The van der Waals surface area contributed by atoms with Crippen molar-refractivity contribution >= 4 is 17.8 Å². The number of hydrogen-bond donors (Lipinski definition) is 4. The van der Waals surface area contributed by atoms with E-state index in [0.717, 1.165) is 18.4 Å². The molecule has 2 amide bonds. The van der Waals surface area contributed by atoms with Crippen LogP contribution in [0.3, 0.4) is 0 Å². The van der Waals surface area contributed by atoms with Crippen LogP contribution in [0.2, 0.25) is 0 Å². The van der Waals surface area contributed by atoms with Crippen molar-refractivity contribution in [3.63, 3.8) is 0 Å². The first-order valence-corrected chi connectivity index (χ1v) is 12.6. The molecule has 0 saturated carbocycles. The maximum Gasteiger partial charge on any atom is 0.490 e. The molecule has 4 N–H and O–H groups in total. The van der Waals surface area contributed by atoms with Crippen molar-refractivity contribution in [3.05, 3.63) is 48.0 Å². The zero-order valence-electron chi connectivity index (χ0n) is 23.1. The van der Waals surface area contributed by atoms with Crippen LogP contribution in [0.25, 0.3) is 22.7 Å². The topological polar surface area (TPSA) is 150 Å². The number of H-pyrrole nitrogens is 1. The van der Waals surface area contributed by atoms with Gasteiger partial charge in [0.2, 0.25) is 11.7 Å². The van der Waals surface area contributed by atoms with E-state index in [1.165, 1.54) is 6.20 Å². The zero-order valence-corrected chi connectivity index (χ0v) is 23.1. The van der Waals surface area contributed by atoms with E-state index >= 15 is 0 Å². The van der Waals surface area contributed by atoms with Crippen molar-refractivity contribution in [1.82, 2.24) is 25.8 Å². The molecular formula is C27H34F3N5O5. The van der Waals surface area contributed by atoms with E-state index in [9.17, 15) is 22.8 Å². The number of alkyl halides is 3. The zero-order chi connectivity index (χ0) is 30.3. The molecule has 0 unspecified atom stereocenters. The first kappa shape index (κ1) is 32.1. The maximum absolute atomic E-state index is 12.6. The molecule has 0 spiro atoms. The molecule has 40 heavy (non-hydrogen) atoms. The van der Waals surface area contributed by atoms with Gasteiger partial charge >= 0.3 is 12.1 Å². The third kappa shape index (κ3) is 8.95. The minimum Gasteiger partial charge on any atom is -0.475 e. The van der Waals surface area contributed by atoms with Crippen molar-refractivity contribution in [2.45, 2.75) is 72.6 Å². The summed E-state index contributed by atoms with van der Waals surface area (Å²) < 4.78 is 37.5. The Morgan fingerprint density at radius 2 is 1.62 bits per heavy atom. The number of nitrogens with one attached hydrogen (secondary N) is 3. The van der Waals surface area contributed by atoms with Crippen molar-refractivity contribution < 1.29 is 37.1 Å². The summed E-state index contributed by atoms with van der Waals surface area (Å²) in [6.07, 6.45) is -1.94. The Bertz CT molecular complexity index is 1310. The minimum atomic E-state index is -5.08. The Balaban J connectivity index is 0.000000708. The lowest BCUT2D eigenvalue weighted by molar-refractivity contribution is -0.192. The molecule has 0 bridgehead atoms. The van der Waals surface area contributed by atoms with Crippen LogP contribution >= 0.6 is 0 Å². The Morgan fingerprint density at radius 1 is 1.02 bits per heavy atom. The lowest BCUT2D eigenvalue weighted by Crippen LogP contribution is -2.41. The summed E-state index contributed by atoms with van der Waals surface area (Å²) in [5, 5.41) is 20.2. The summed E-state index contributed by atoms with van der Waals surface area (Å²) in [5.74, 6) is -2.71. The van der Waals surface area contributed by atoms with Crippen LogP contribution in [-0.2, 0) is 4.79 Å². The highest BCUT2D eigenvalue weighted by Crippen LogP contribution is 2.26. The van der Waals surface area contributed by atoms with Crippen molar-refractivity contribution in [2.75, 3.05) is 0 Å². The van der Waals surface area contributed by atoms with Gasteiger partial charge in [-0.1, -0.05) is 46.8 Å². The number of amides is 2. The van der Waals surface area contributed by atoms with Gasteiger partial charge in [0.05, 0.1) is 11.9 Å². The third-order valence-corrected chi connectivity index (χ3v) is 6.17. The minimum absolute atomic E-state index is 0.00133. The molecule has 3 aromatic rings. The fourth-order valence-electron chi connectivity index (χ4n) is 3.15. The van der Waals surface area contributed by atoms with Gasteiger partial charge in [0, 0.05) is 23.2 Å². The first-order chi connectivity index (χ1) is 18.6. The highest BCUT2D eigenvalue weighted by Gasteiger charge is 2.38. The van der Waals surface area contributed by atoms with E-state index < -0.39 is 12.1 Å². The van der Waals surface area contributed by atoms with E-state index in [4.69, 9.17) is 14.3 Å². The Hall–Kier alpha value is -4.16. The molecule has 0 aliphatic rings. The van der Waals surface area contributed by atoms with Crippen LogP contribution in [0.5, 0.6) is 0 Å². The van der Waals surface area contributed by atoms with Gasteiger partial charge in [0.25, 0.3) is 11.8 Å². The van der Waals surface area contributed by atoms with E-state index in [1.807, 2.05) is 45.0 Å². The second-order valence-electron chi connectivity index (χ2n) is 10.1. The molecule has 0 radical (unpaired) electrons. The summed E-state index contributed by atoms with van der Waals surface area (Å²) in [5.41, 5.74) is 2.48. The molecule has 2 heterocycles. The fourth-order valence-corrected chi connectivity index (χ4v) is 3.15. The van der Waals surface area contributed by atoms with Crippen molar-refractivity contribution in [2.24, 2.45) is 5.41 Å². The average molecular weight is 566 g/mol. The van der Waals surface area contributed by atoms with Gasteiger partial charge in [0.15, 0.2) is 0 Å². The number of nitrogens with zero attached hydrogens (tertiary/aromatic N) is 2. The number of halogens is 3. The molecule has 0 saturated heterocycles. The number of aliphatic carboxylic acids is 1. The second-order valence-corrected chi connectivity index (χ2v) is 10.1. The van der Waals surface area contributed by atoms with E-state index in [2.05, 4.69) is 46.6 Å². The number of carbonyl (C=O) groups is 3. The van der Waals surface area contributed by atoms with Crippen molar-refractivity contribution in [3.8, 4) is 22.7 Å². The van der Waals surface area contributed by atoms with E-state index in [1.54, 1.807) is 6.07 Å². The predicted octanol–water partition coefficient (Wildman–Crippen LogP) is 5.45. The molecule has 1 aromatic carbocycles. The molecule has 218 valence electrons. The second kappa shape index (κ2) is 13.3. The predicted molar refractivity (Wildman–Crippen MR) is 141 cm³/mol. The monoisotopic (exact) mass is 565 g/mol. The van der Waals surface area contributed by atoms with Crippen LogP contribution < -0.4 is 10.6 Å². The van der Waals surface area contributed by atoms with Crippen LogP contribution in [0, 0.1) is 5.41 Å². The summed E-state index contributed by atoms with van der Waals surface area (Å²) in [7, 11) is 0.